The van der Waals surface area contributed by atoms with Gasteiger partial charge in [-0.1, -0.05) is 42.5 Å². The fourth-order valence-electron chi connectivity index (χ4n) is 4.03. The number of ether oxygens (including phenoxy) is 1. The van der Waals surface area contributed by atoms with Crippen LogP contribution in [0.15, 0.2) is 48.5 Å². The van der Waals surface area contributed by atoms with Gasteiger partial charge in [0.15, 0.2) is 0 Å². The Hall–Kier alpha value is -2.37. The van der Waals surface area contributed by atoms with E-state index in [9.17, 15) is 9.90 Å². The Morgan fingerprint density at radius 1 is 1.00 bits per heavy atom. The number of fused-ring (bicyclic) bond motifs is 2. The van der Waals surface area contributed by atoms with Crippen LogP contribution in [0.3, 0.4) is 0 Å². The maximum atomic E-state index is 12.5. The number of benzene rings is 2. The number of rotatable bonds is 4. The van der Waals surface area contributed by atoms with E-state index in [1.165, 1.54) is 16.7 Å². The lowest BCUT2D eigenvalue weighted by Crippen LogP contribution is -2.41. The lowest BCUT2D eigenvalue weighted by Gasteiger charge is -2.31. The van der Waals surface area contributed by atoms with Crippen molar-refractivity contribution in [2.45, 2.75) is 31.9 Å². The molecule has 0 saturated heterocycles. The summed E-state index contributed by atoms with van der Waals surface area (Å²) in [6, 6.07) is 16.4. The molecule has 2 aromatic rings. The predicted octanol–water partition coefficient (Wildman–Crippen LogP) is 3.00. The van der Waals surface area contributed by atoms with Gasteiger partial charge in [-0.25, -0.2) is 4.79 Å². The van der Waals surface area contributed by atoms with Gasteiger partial charge >= 0.3 is 6.09 Å². The normalized spacial score (nSPS) is 17.7. The summed E-state index contributed by atoms with van der Waals surface area (Å²) >= 11 is 0. The van der Waals surface area contributed by atoms with E-state index in [4.69, 9.17) is 4.74 Å². The van der Waals surface area contributed by atoms with Crippen molar-refractivity contribution < 1.29 is 14.6 Å². The molecular weight excluding hydrogens is 340 g/mol. The van der Waals surface area contributed by atoms with Crippen molar-refractivity contribution >= 4 is 11.8 Å². The first kappa shape index (κ1) is 18.0. The molecule has 0 spiro atoms. The van der Waals surface area contributed by atoms with Gasteiger partial charge in [0.1, 0.15) is 12.7 Å². The van der Waals surface area contributed by atoms with Crippen molar-refractivity contribution in [1.29, 1.82) is 0 Å². The van der Waals surface area contributed by atoms with Gasteiger partial charge < -0.3 is 9.84 Å². The number of nitrogens with zero attached hydrogens (tertiary/aromatic N) is 2. The maximum absolute atomic E-state index is 12.5. The van der Waals surface area contributed by atoms with E-state index in [1.54, 1.807) is 4.90 Å². The third-order valence-corrected chi connectivity index (χ3v) is 5.41. The molecule has 5 nitrogen and oxygen atoms in total. The first-order valence-corrected chi connectivity index (χ1v) is 9.70. The van der Waals surface area contributed by atoms with Crippen LogP contribution in [0, 0.1) is 0 Å². The number of aliphatic hydroxyl groups is 1. The summed E-state index contributed by atoms with van der Waals surface area (Å²) in [4.78, 5) is 16.4. The topological polar surface area (TPSA) is 53.0 Å². The Labute approximate surface area is 160 Å². The molecule has 2 aromatic carbocycles. The Morgan fingerprint density at radius 3 is 2.59 bits per heavy atom. The van der Waals surface area contributed by atoms with Crippen molar-refractivity contribution in [1.82, 2.24) is 4.90 Å². The monoisotopic (exact) mass is 366 g/mol. The third-order valence-electron chi connectivity index (χ3n) is 5.41. The standard InChI is InChI=1S/C22H26N2O3/c25-20(15-23-13-11-17-6-1-2-8-19(17)14-23)16-27-22(26)24-12-5-9-18-7-3-4-10-21(18)24/h1-4,6-8,10,20,25H,5,9,11-16H2. The van der Waals surface area contributed by atoms with E-state index in [1.807, 2.05) is 18.2 Å². The third kappa shape index (κ3) is 4.15. The molecule has 0 aliphatic carbocycles. The number of carbonyl (C=O) groups excluding carboxylic acids is 1. The van der Waals surface area contributed by atoms with Crippen molar-refractivity contribution in [3.05, 3.63) is 65.2 Å². The fourth-order valence-corrected chi connectivity index (χ4v) is 4.03. The zero-order valence-electron chi connectivity index (χ0n) is 15.5. The van der Waals surface area contributed by atoms with Gasteiger partial charge in [-0.15, -0.1) is 0 Å². The van der Waals surface area contributed by atoms with Crippen LogP contribution in [0.1, 0.15) is 23.1 Å². The minimum atomic E-state index is -0.681. The van der Waals surface area contributed by atoms with Gasteiger partial charge in [-0.2, -0.15) is 0 Å². The lowest BCUT2D eigenvalue weighted by molar-refractivity contribution is 0.0427. The Bertz CT molecular complexity index is 808. The minimum Gasteiger partial charge on any atom is -0.446 e. The first-order chi connectivity index (χ1) is 13.2. The molecule has 2 aliphatic heterocycles. The number of para-hydroxylation sites is 1. The molecule has 0 saturated carbocycles. The van der Waals surface area contributed by atoms with Gasteiger partial charge in [0.2, 0.25) is 0 Å². The zero-order chi connectivity index (χ0) is 18.6. The van der Waals surface area contributed by atoms with Crippen molar-refractivity contribution in [2.75, 3.05) is 31.1 Å². The Morgan fingerprint density at radius 2 is 1.74 bits per heavy atom. The number of hydrogen-bond donors (Lipinski definition) is 1. The van der Waals surface area contributed by atoms with Crippen LogP contribution in [-0.4, -0.2) is 48.4 Å². The van der Waals surface area contributed by atoms with Gasteiger partial charge in [-0.3, -0.25) is 9.80 Å². The molecule has 0 radical (unpaired) electrons. The number of carbonyl (C=O) groups is 1. The second-order valence-corrected chi connectivity index (χ2v) is 7.37. The predicted molar refractivity (Wildman–Crippen MR) is 105 cm³/mol. The summed E-state index contributed by atoms with van der Waals surface area (Å²) in [5.74, 6) is 0. The van der Waals surface area contributed by atoms with Crippen LogP contribution in [0.5, 0.6) is 0 Å². The highest BCUT2D eigenvalue weighted by atomic mass is 16.6. The quantitative estimate of drug-likeness (QED) is 0.904. The summed E-state index contributed by atoms with van der Waals surface area (Å²) in [7, 11) is 0. The van der Waals surface area contributed by atoms with E-state index in [2.05, 4.69) is 35.2 Å². The van der Waals surface area contributed by atoms with Gasteiger partial charge in [0.05, 0.1) is 5.69 Å². The summed E-state index contributed by atoms with van der Waals surface area (Å²) in [6.07, 6.45) is 1.86. The van der Waals surface area contributed by atoms with E-state index in [0.717, 1.165) is 38.0 Å². The summed E-state index contributed by atoms with van der Waals surface area (Å²) in [5, 5.41) is 10.4. The molecule has 2 heterocycles. The number of aliphatic hydroxyl groups excluding tert-OH is 1. The van der Waals surface area contributed by atoms with Crippen LogP contribution >= 0.6 is 0 Å². The van der Waals surface area contributed by atoms with Gasteiger partial charge in [0, 0.05) is 26.2 Å². The van der Waals surface area contributed by atoms with Crippen LogP contribution in [0.4, 0.5) is 10.5 Å². The fraction of sp³-hybridized carbons (Fsp3) is 0.409. The van der Waals surface area contributed by atoms with Gasteiger partial charge in [-0.05, 0) is 42.0 Å². The van der Waals surface area contributed by atoms with E-state index in [0.29, 0.717) is 13.1 Å². The first-order valence-electron chi connectivity index (χ1n) is 9.70. The second-order valence-electron chi connectivity index (χ2n) is 7.37. The molecule has 1 unspecified atom stereocenters. The summed E-state index contributed by atoms with van der Waals surface area (Å²) < 4.78 is 5.42. The molecular formula is C22H26N2O3. The van der Waals surface area contributed by atoms with E-state index in [-0.39, 0.29) is 12.7 Å². The van der Waals surface area contributed by atoms with Crippen LogP contribution in [-0.2, 0) is 24.1 Å². The maximum Gasteiger partial charge on any atom is 0.414 e. The molecule has 5 heteroatoms. The lowest BCUT2D eigenvalue weighted by atomic mass is 10.00. The molecule has 1 atom stereocenters. The highest BCUT2D eigenvalue weighted by Gasteiger charge is 2.25. The molecule has 0 aromatic heterocycles. The Balaban J connectivity index is 1.29. The molecule has 142 valence electrons. The van der Waals surface area contributed by atoms with Crippen molar-refractivity contribution in [3.63, 3.8) is 0 Å². The van der Waals surface area contributed by atoms with E-state index < -0.39 is 6.10 Å². The number of hydrogen-bond acceptors (Lipinski definition) is 4. The molecule has 0 bridgehead atoms. The highest BCUT2D eigenvalue weighted by molar-refractivity contribution is 5.89. The largest absolute Gasteiger partial charge is 0.446 e. The van der Waals surface area contributed by atoms with Crippen molar-refractivity contribution in [2.24, 2.45) is 0 Å². The molecule has 1 amide bonds. The minimum absolute atomic E-state index is 0.0235. The number of anilines is 1. The molecule has 27 heavy (non-hydrogen) atoms. The van der Waals surface area contributed by atoms with Crippen molar-refractivity contribution in [3.8, 4) is 0 Å². The smallest absolute Gasteiger partial charge is 0.414 e. The van der Waals surface area contributed by atoms with Gasteiger partial charge in [0.25, 0.3) is 0 Å². The number of aryl methyl sites for hydroxylation is 1. The van der Waals surface area contributed by atoms with Crippen LogP contribution in [0.25, 0.3) is 0 Å². The Kier molecular flexibility index (Phi) is 5.41. The highest BCUT2D eigenvalue weighted by Crippen LogP contribution is 2.27. The zero-order valence-corrected chi connectivity index (χ0v) is 15.5. The molecule has 0 fully saturated rings. The number of amides is 1. The average molecular weight is 366 g/mol. The van der Waals surface area contributed by atoms with Crippen LogP contribution in [0.2, 0.25) is 0 Å². The SMILES string of the molecule is O=C(OCC(O)CN1CCc2ccccc2C1)N1CCCc2ccccc21. The average Bonchev–Trinajstić information content (AvgIpc) is 2.71. The van der Waals surface area contributed by atoms with Crippen LogP contribution < -0.4 is 4.90 Å². The summed E-state index contributed by atoms with van der Waals surface area (Å²) in [5.41, 5.74) is 4.81. The molecule has 4 rings (SSSR count). The number of β-amino-alcohol motifs (C(OH)–C–C–N with tert-alkyl or cyclic N) is 1. The summed E-state index contributed by atoms with van der Waals surface area (Å²) in [6.45, 7) is 2.95. The van der Waals surface area contributed by atoms with E-state index >= 15 is 0 Å². The molecule has 1 N–H and O–H groups in total. The second kappa shape index (κ2) is 8.11. The molecule has 2 aliphatic rings.